The number of anilines is 2. The van der Waals surface area contributed by atoms with E-state index in [1.807, 2.05) is 12.1 Å². The number of amides is 2. The number of aromatic nitrogens is 2. The van der Waals surface area contributed by atoms with Gasteiger partial charge in [0.15, 0.2) is 6.10 Å². The highest BCUT2D eigenvalue weighted by molar-refractivity contribution is 6.11. The monoisotopic (exact) mass is 404 g/mol. The first-order chi connectivity index (χ1) is 14.5. The van der Waals surface area contributed by atoms with Gasteiger partial charge in [0.2, 0.25) is 5.88 Å². The highest BCUT2D eigenvalue weighted by atomic mass is 19.1. The Labute approximate surface area is 171 Å². The Morgan fingerprint density at radius 2 is 1.87 bits per heavy atom. The molecule has 5 rings (SSSR count). The second-order valence-corrected chi connectivity index (χ2v) is 7.22. The number of pyridine rings is 2. The Kier molecular flexibility index (Phi) is 4.02. The van der Waals surface area contributed by atoms with E-state index in [9.17, 15) is 14.0 Å². The number of fused-ring (bicyclic) bond motifs is 2. The molecule has 150 valence electrons. The van der Waals surface area contributed by atoms with Crippen molar-refractivity contribution >= 4 is 23.3 Å². The van der Waals surface area contributed by atoms with Crippen molar-refractivity contribution in [3.05, 3.63) is 77.4 Å². The molecule has 3 aromatic rings. The molecule has 0 saturated heterocycles. The van der Waals surface area contributed by atoms with E-state index in [1.54, 1.807) is 44.3 Å². The third-order valence-corrected chi connectivity index (χ3v) is 5.39. The fourth-order valence-electron chi connectivity index (χ4n) is 3.90. The fourth-order valence-corrected chi connectivity index (χ4v) is 3.90. The topological polar surface area (TPSA) is 75.6 Å². The average Bonchev–Trinajstić information content (AvgIpc) is 3.05. The van der Waals surface area contributed by atoms with Gasteiger partial charge < -0.3 is 9.64 Å². The molecule has 0 radical (unpaired) electrons. The average molecular weight is 404 g/mol. The summed E-state index contributed by atoms with van der Waals surface area (Å²) in [4.78, 5) is 37.2. The predicted octanol–water partition coefficient (Wildman–Crippen LogP) is 3.11. The second kappa shape index (κ2) is 6.62. The SMILES string of the molecule is C[C@H]1Oc2nc(N3C(=O)c4ccccc4C3c3ccc(F)cn3)ccc2N(C)C1=O. The molecular weight excluding hydrogens is 387 g/mol. The quantitative estimate of drug-likeness (QED) is 0.656. The molecule has 0 spiro atoms. The van der Waals surface area contributed by atoms with Crippen LogP contribution in [-0.2, 0) is 4.79 Å². The molecule has 0 bridgehead atoms. The maximum atomic E-state index is 13.5. The summed E-state index contributed by atoms with van der Waals surface area (Å²) in [6.45, 7) is 1.65. The molecule has 2 atom stereocenters. The summed E-state index contributed by atoms with van der Waals surface area (Å²) in [6.07, 6.45) is 0.455. The minimum Gasteiger partial charge on any atom is -0.463 e. The summed E-state index contributed by atoms with van der Waals surface area (Å²) in [5, 5.41) is 0. The summed E-state index contributed by atoms with van der Waals surface area (Å²) in [6, 6.07) is 12.9. The van der Waals surface area contributed by atoms with E-state index in [2.05, 4.69) is 9.97 Å². The Balaban J connectivity index is 1.64. The number of carbonyl (C=O) groups excluding carboxylic acids is 2. The lowest BCUT2D eigenvalue weighted by Crippen LogP contribution is -2.42. The van der Waals surface area contributed by atoms with Crippen LogP contribution in [0.1, 0.15) is 34.6 Å². The second-order valence-electron chi connectivity index (χ2n) is 7.22. The highest BCUT2D eigenvalue weighted by Gasteiger charge is 2.41. The number of hydrogen-bond donors (Lipinski definition) is 0. The minimum absolute atomic E-state index is 0.171. The van der Waals surface area contributed by atoms with Gasteiger partial charge in [0, 0.05) is 12.6 Å². The lowest BCUT2D eigenvalue weighted by atomic mass is 10.0. The van der Waals surface area contributed by atoms with Gasteiger partial charge >= 0.3 is 0 Å². The Morgan fingerprint density at radius 1 is 1.07 bits per heavy atom. The van der Waals surface area contributed by atoms with E-state index in [-0.39, 0.29) is 17.7 Å². The van der Waals surface area contributed by atoms with Gasteiger partial charge in [-0.2, -0.15) is 4.98 Å². The number of nitrogens with zero attached hydrogens (tertiary/aromatic N) is 4. The summed E-state index contributed by atoms with van der Waals surface area (Å²) in [5.74, 6) is -0.222. The van der Waals surface area contributed by atoms with Crippen molar-refractivity contribution in [3.63, 3.8) is 0 Å². The minimum atomic E-state index is -0.675. The van der Waals surface area contributed by atoms with Crippen molar-refractivity contribution in [2.45, 2.75) is 19.1 Å². The number of ether oxygens (including phenoxy) is 1. The molecule has 2 aliphatic heterocycles. The van der Waals surface area contributed by atoms with Gasteiger partial charge in [-0.15, -0.1) is 0 Å². The van der Waals surface area contributed by atoms with Gasteiger partial charge in [0.05, 0.1) is 11.9 Å². The van der Waals surface area contributed by atoms with Crippen LogP contribution in [0, 0.1) is 5.82 Å². The van der Waals surface area contributed by atoms with Crippen molar-refractivity contribution < 1.29 is 18.7 Å². The van der Waals surface area contributed by atoms with Gasteiger partial charge in [-0.05, 0) is 42.8 Å². The van der Waals surface area contributed by atoms with E-state index < -0.39 is 18.0 Å². The molecule has 0 N–H and O–H groups in total. The summed E-state index contributed by atoms with van der Waals surface area (Å²) < 4.78 is 19.1. The largest absolute Gasteiger partial charge is 0.463 e. The molecule has 1 unspecified atom stereocenters. The van der Waals surface area contributed by atoms with Crippen LogP contribution in [0.2, 0.25) is 0 Å². The first-order valence-corrected chi connectivity index (χ1v) is 9.45. The number of hydrogen-bond acceptors (Lipinski definition) is 5. The van der Waals surface area contributed by atoms with Crippen LogP contribution >= 0.6 is 0 Å². The number of carbonyl (C=O) groups is 2. The van der Waals surface area contributed by atoms with Gasteiger partial charge in [-0.25, -0.2) is 4.39 Å². The Hall–Kier alpha value is -3.81. The van der Waals surface area contributed by atoms with Gasteiger partial charge in [0.25, 0.3) is 11.8 Å². The third-order valence-electron chi connectivity index (χ3n) is 5.39. The van der Waals surface area contributed by atoms with Gasteiger partial charge in [-0.3, -0.25) is 19.5 Å². The third kappa shape index (κ3) is 2.64. The lowest BCUT2D eigenvalue weighted by molar-refractivity contribution is -0.125. The van der Waals surface area contributed by atoms with Crippen molar-refractivity contribution in [2.75, 3.05) is 16.8 Å². The maximum absolute atomic E-state index is 13.5. The molecule has 0 saturated carbocycles. The zero-order chi connectivity index (χ0) is 21.0. The van der Waals surface area contributed by atoms with E-state index in [0.717, 1.165) is 11.8 Å². The summed E-state index contributed by atoms with van der Waals surface area (Å²) in [5.41, 5.74) is 2.36. The first kappa shape index (κ1) is 18.2. The Bertz CT molecular complexity index is 1180. The van der Waals surface area contributed by atoms with Crippen LogP contribution in [-0.4, -0.2) is 34.9 Å². The van der Waals surface area contributed by atoms with E-state index in [1.165, 1.54) is 15.9 Å². The van der Waals surface area contributed by atoms with E-state index >= 15 is 0 Å². The van der Waals surface area contributed by atoms with E-state index in [4.69, 9.17) is 4.74 Å². The van der Waals surface area contributed by atoms with E-state index in [0.29, 0.717) is 22.8 Å². The molecule has 7 nitrogen and oxygen atoms in total. The number of likely N-dealkylation sites (N-methyl/N-ethyl adjacent to an activating group) is 1. The normalized spacial score (nSPS) is 20.1. The van der Waals surface area contributed by atoms with Crippen LogP contribution in [0.5, 0.6) is 5.88 Å². The van der Waals surface area contributed by atoms with Crippen molar-refractivity contribution in [1.29, 1.82) is 0 Å². The van der Waals surface area contributed by atoms with Crippen molar-refractivity contribution in [2.24, 2.45) is 0 Å². The molecule has 0 fully saturated rings. The smallest absolute Gasteiger partial charge is 0.267 e. The summed E-state index contributed by atoms with van der Waals surface area (Å²) >= 11 is 0. The standard InChI is InChI=1S/C22H17FN4O3/c1-12-21(28)26(2)17-9-10-18(25-20(17)30-12)27-19(16-8-7-13(23)11-24-16)14-5-3-4-6-15(14)22(27)29/h3-12,19H,1-2H3/t12-,19?/m1/s1. The molecule has 4 heterocycles. The number of rotatable bonds is 2. The van der Waals surface area contributed by atoms with Crippen LogP contribution in [0.4, 0.5) is 15.9 Å². The molecule has 0 aliphatic carbocycles. The number of halogens is 1. The number of benzene rings is 1. The molecular formula is C22H17FN4O3. The maximum Gasteiger partial charge on any atom is 0.267 e. The Morgan fingerprint density at radius 3 is 2.63 bits per heavy atom. The van der Waals surface area contributed by atoms with Crippen LogP contribution in [0.15, 0.2) is 54.7 Å². The predicted molar refractivity (Wildman–Crippen MR) is 107 cm³/mol. The molecule has 30 heavy (non-hydrogen) atoms. The van der Waals surface area contributed by atoms with Crippen molar-refractivity contribution in [3.8, 4) is 5.88 Å². The van der Waals surface area contributed by atoms with Crippen molar-refractivity contribution in [1.82, 2.24) is 9.97 Å². The zero-order valence-electron chi connectivity index (χ0n) is 16.2. The van der Waals surface area contributed by atoms with Gasteiger partial charge in [-0.1, -0.05) is 18.2 Å². The molecule has 1 aromatic carbocycles. The van der Waals surface area contributed by atoms with Crippen LogP contribution in [0.25, 0.3) is 0 Å². The van der Waals surface area contributed by atoms with Crippen LogP contribution in [0.3, 0.4) is 0 Å². The lowest BCUT2D eigenvalue weighted by Gasteiger charge is -2.31. The van der Waals surface area contributed by atoms with Gasteiger partial charge in [0.1, 0.15) is 23.4 Å². The first-order valence-electron chi connectivity index (χ1n) is 9.45. The molecule has 2 aliphatic rings. The molecule has 8 heteroatoms. The molecule has 2 aromatic heterocycles. The highest BCUT2D eigenvalue weighted by Crippen LogP contribution is 2.42. The zero-order valence-corrected chi connectivity index (χ0v) is 16.2. The summed E-state index contributed by atoms with van der Waals surface area (Å²) in [7, 11) is 1.66. The molecule has 2 amide bonds. The fraction of sp³-hybridized carbons (Fsp3) is 0.182. The van der Waals surface area contributed by atoms with Crippen LogP contribution < -0.4 is 14.5 Å².